The van der Waals surface area contributed by atoms with Gasteiger partial charge in [0.15, 0.2) is 5.78 Å². The van der Waals surface area contributed by atoms with E-state index >= 15 is 0 Å². The third-order valence-electron chi connectivity index (χ3n) is 2.36. The van der Waals surface area contributed by atoms with Crippen LogP contribution in [0.2, 0.25) is 0 Å². The normalized spacial score (nSPS) is 12.2. The Bertz CT molecular complexity index is 335. The maximum Gasteiger partial charge on any atom is 0.159 e. The van der Waals surface area contributed by atoms with Crippen LogP contribution < -0.4 is 5.32 Å². The summed E-state index contributed by atoms with van der Waals surface area (Å²) in [6.07, 6.45) is 0.491. The molecule has 0 heterocycles. The number of hydrogen-bond donors (Lipinski definition) is 3. The third-order valence-corrected chi connectivity index (χ3v) is 2.36. The molecule has 0 aliphatic heterocycles. The molecule has 4 heteroatoms. The first kappa shape index (κ1) is 12.7. The van der Waals surface area contributed by atoms with Gasteiger partial charge in [0.2, 0.25) is 0 Å². The van der Waals surface area contributed by atoms with Gasteiger partial charge < -0.3 is 15.5 Å². The van der Waals surface area contributed by atoms with Crippen molar-refractivity contribution < 1.29 is 15.0 Å². The van der Waals surface area contributed by atoms with Gasteiger partial charge in [-0.2, -0.15) is 0 Å². The molecular weight excluding hydrogens is 206 g/mol. The lowest BCUT2D eigenvalue weighted by Crippen LogP contribution is -2.24. The monoisotopic (exact) mass is 223 g/mol. The molecular formula is C12H17NO3. The Kier molecular flexibility index (Phi) is 4.95. The average molecular weight is 223 g/mol. The van der Waals surface area contributed by atoms with Crippen molar-refractivity contribution in [2.75, 3.05) is 18.5 Å². The molecule has 0 bridgehead atoms. The van der Waals surface area contributed by atoms with Crippen LogP contribution in [0.1, 0.15) is 23.7 Å². The minimum Gasteiger partial charge on any atom is -0.396 e. The standard InChI is InChI=1S/C12H17NO3/c1-9(16)10-2-4-11(5-3-10)13-12(8-15)6-7-14/h2-5,12-15H,6-8H2,1H3. The van der Waals surface area contributed by atoms with E-state index in [9.17, 15) is 4.79 Å². The second-order valence-corrected chi connectivity index (χ2v) is 3.67. The van der Waals surface area contributed by atoms with E-state index in [-0.39, 0.29) is 25.0 Å². The number of benzene rings is 1. The summed E-state index contributed by atoms with van der Waals surface area (Å²) in [6, 6.07) is 6.89. The van der Waals surface area contributed by atoms with Gasteiger partial charge in [0, 0.05) is 17.9 Å². The largest absolute Gasteiger partial charge is 0.396 e. The lowest BCUT2D eigenvalue weighted by Gasteiger charge is -2.16. The molecule has 0 aliphatic carbocycles. The maximum absolute atomic E-state index is 11.0. The second kappa shape index (κ2) is 6.25. The molecule has 0 aliphatic rings. The van der Waals surface area contributed by atoms with E-state index < -0.39 is 0 Å². The Balaban J connectivity index is 2.63. The highest BCUT2D eigenvalue weighted by Gasteiger charge is 2.06. The van der Waals surface area contributed by atoms with Crippen LogP contribution in [0.4, 0.5) is 5.69 Å². The number of carbonyl (C=O) groups is 1. The highest BCUT2D eigenvalue weighted by atomic mass is 16.3. The van der Waals surface area contributed by atoms with Gasteiger partial charge in [-0.15, -0.1) is 0 Å². The number of carbonyl (C=O) groups excluding carboxylic acids is 1. The molecule has 1 unspecified atom stereocenters. The summed E-state index contributed by atoms with van der Waals surface area (Å²) >= 11 is 0. The van der Waals surface area contributed by atoms with Gasteiger partial charge in [-0.05, 0) is 37.6 Å². The van der Waals surface area contributed by atoms with E-state index in [2.05, 4.69) is 5.32 Å². The van der Waals surface area contributed by atoms with Crippen LogP contribution in [0, 0.1) is 0 Å². The molecule has 0 amide bonds. The van der Waals surface area contributed by atoms with Crippen molar-refractivity contribution in [3.63, 3.8) is 0 Å². The highest BCUT2D eigenvalue weighted by molar-refractivity contribution is 5.94. The SMILES string of the molecule is CC(=O)c1ccc(NC(CO)CCO)cc1. The average Bonchev–Trinajstić information content (AvgIpc) is 2.29. The molecule has 0 aromatic heterocycles. The van der Waals surface area contributed by atoms with Crippen LogP contribution in [0.3, 0.4) is 0 Å². The van der Waals surface area contributed by atoms with E-state index in [4.69, 9.17) is 10.2 Å². The molecule has 1 aromatic carbocycles. The first-order chi connectivity index (χ1) is 7.67. The van der Waals surface area contributed by atoms with E-state index in [1.807, 2.05) is 0 Å². The van der Waals surface area contributed by atoms with Crippen LogP contribution in [0.25, 0.3) is 0 Å². The van der Waals surface area contributed by atoms with E-state index in [0.717, 1.165) is 5.69 Å². The van der Waals surface area contributed by atoms with Gasteiger partial charge in [0.25, 0.3) is 0 Å². The number of rotatable bonds is 6. The summed E-state index contributed by atoms with van der Waals surface area (Å²) in [5, 5.41) is 20.9. The Morgan fingerprint density at radius 1 is 1.31 bits per heavy atom. The van der Waals surface area contributed by atoms with Crippen molar-refractivity contribution >= 4 is 11.5 Å². The summed E-state index contributed by atoms with van der Waals surface area (Å²) in [4.78, 5) is 11.0. The summed E-state index contributed by atoms with van der Waals surface area (Å²) in [5.41, 5.74) is 1.49. The quantitative estimate of drug-likeness (QED) is 0.630. The third kappa shape index (κ3) is 3.64. The first-order valence-electron chi connectivity index (χ1n) is 5.26. The van der Waals surface area contributed by atoms with Crippen molar-refractivity contribution in [3.8, 4) is 0 Å². The summed E-state index contributed by atoms with van der Waals surface area (Å²) in [6.45, 7) is 1.52. The fourth-order valence-electron chi connectivity index (χ4n) is 1.40. The number of hydrogen-bond acceptors (Lipinski definition) is 4. The molecule has 3 N–H and O–H groups in total. The van der Waals surface area contributed by atoms with Crippen LogP contribution in [-0.2, 0) is 0 Å². The van der Waals surface area contributed by atoms with E-state index in [0.29, 0.717) is 12.0 Å². The molecule has 1 atom stereocenters. The molecule has 0 radical (unpaired) electrons. The van der Waals surface area contributed by atoms with Gasteiger partial charge in [0.05, 0.1) is 12.6 Å². The van der Waals surface area contributed by atoms with Crippen molar-refractivity contribution in [2.45, 2.75) is 19.4 Å². The molecule has 0 fully saturated rings. The molecule has 0 spiro atoms. The Morgan fingerprint density at radius 2 is 1.94 bits per heavy atom. The molecule has 16 heavy (non-hydrogen) atoms. The number of anilines is 1. The van der Waals surface area contributed by atoms with Gasteiger partial charge in [-0.1, -0.05) is 0 Å². The minimum absolute atomic E-state index is 0.0283. The topological polar surface area (TPSA) is 69.6 Å². The zero-order valence-corrected chi connectivity index (χ0v) is 9.31. The number of aliphatic hydroxyl groups is 2. The smallest absolute Gasteiger partial charge is 0.159 e. The zero-order chi connectivity index (χ0) is 12.0. The summed E-state index contributed by atoms with van der Waals surface area (Å²) in [7, 11) is 0. The number of ketones is 1. The maximum atomic E-state index is 11.0. The van der Waals surface area contributed by atoms with Gasteiger partial charge in [-0.3, -0.25) is 4.79 Å². The highest BCUT2D eigenvalue weighted by Crippen LogP contribution is 2.12. The minimum atomic E-state index is -0.159. The lowest BCUT2D eigenvalue weighted by molar-refractivity contribution is 0.101. The Morgan fingerprint density at radius 3 is 2.38 bits per heavy atom. The van der Waals surface area contributed by atoms with Crippen LogP contribution in [0.5, 0.6) is 0 Å². The van der Waals surface area contributed by atoms with Gasteiger partial charge in [-0.25, -0.2) is 0 Å². The van der Waals surface area contributed by atoms with Crippen LogP contribution in [0.15, 0.2) is 24.3 Å². The molecule has 0 saturated heterocycles. The Hall–Kier alpha value is -1.39. The van der Waals surface area contributed by atoms with Crippen molar-refractivity contribution in [1.29, 1.82) is 0 Å². The van der Waals surface area contributed by atoms with Gasteiger partial charge >= 0.3 is 0 Å². The van der Waals surface area contributed by atoms with Crippen LogP contribution in [-0.4, -0.2) is 35.3 Å². The summed E-state index contributed by atoms with van der Waals surface area (Å²) < 4.78 is 0. The number of aliphatic hydroxyl groups excluding tert-OH is 2. The summed E-state index contributed by atoms with van der Waals surface area (Å²) in [5.74, 6) is 0.0283. The molecule has 1 aromatic rings. The molecule has 88 valence electrons. The Labute approximate surface area is 94.9 Å². The van der Waals surface area contributed by atoms with Crippen molar-refractivity contribution in [1.82, 2.24) is 0 Å². The van der Waals surface area contributed by atoms with Gasteiger partial charge in [0.1, 0.15) is 0 Å². The molecule has 4 nitrogen and oxygen atoms in total. The fourth-order valence-corrected chi connectivity index (χ4v) is 1.40. The zero-order valence-electron chi connectivity index (χ0n) is 9.31. The molecule has 1 rings (SSSR count). The number of Topliss-reactive ketones (excluding diaryl/α,β-unsaturated/α-hetero) is 1. The van der Waals surface area contributed by atoms with Crippen molar-refractivity contribution in [3.05, 3.63) is 29.8 Å². The fraction of sp³-hybridized carbons (Fsp3) is 0.417. The first-order valence-corrected chi connectivity index (χ1v) is 5.26. The second-order valence-electron chi connectivity index (χ2n) is 3.67. The predicted molar refractivity (Wildman–Crippen MR) is 62.6 cm³/mol. The lowest BCUT2D eigenvalue weighted by atomic mass is 10.1. The van der Waals surface area contributed by atoms with Crippen LogP contribution >= 0.6 is 0 Å². The predicted octanol–water partition coefficient (Wildman–Crippen LogP) is 1.04. The number of nitrogens with one attached hydrogen (secondary N) is 1. The van der Waals surface area contributed by atoms with E-state index in [1.165, 1.54) is 6.92 Å². The van der Waals surface area contributed by atoms with E-state index in [1.54, 1.807) is 24.3 Å². The van der Waals surface area contributed by atoms with Crippen molar-refractivity contribution in [2.24, 2.45) is 0 Å². The molecule has 0 saturated carbocycles.